The summed E-state index contributed by atoms with van der Waals surface area (Å²) in [5.41, 5.74) is 0.990. The van der Waals surface area contributed by atoms with E-state index in [0.29, 0.717) is 5.13 Å². The van der Waals surface area contributed by atoms with Gasteiger partial charge in [-0.15, -0.1) is 22.7 Å². The summed E-state index contributed by atoms with van der Waals surface area (Å²) in [5.74, 6) is -0.152. The molecule has 1 saturated heterocycles. The second-order valence-corrected chi connectivity index (χ2v) is 6.71. The molecule has 1 amide bonds. The number of hydrogen-bond donors (Lipinski definition) is 1. The van der Waals surface area contributed by atoms with E-state index in [2.05, 4.69) is 15.2 Å². The molecule has 1 aliphatic rings. The van der Waals surface area contributed by atoms with Gasteiger partial charge in [0.15, 0.2) is 5.13 Å². The number of aromatic nitrogens is 1. The number of rotatable bonds is 5. The Bertz CT molecular complexity index is 631. The Labute approximate surface area is 137 Å². The third kappa shape index (κ3) is 4.48. The molecule has 0 radical (unpaired) electrons. The average Bonchev–Trinajstić information content (AvgIpc) is 3.18. The summed E-state index contributed by atoms with van der Waals surface area (Å²) in [4.78, 5) is 19.7. The molecule has 22 heavy (non-hydrogen) atoms. The summed E-state index contributed by atoms with van der Waals surface area (Å²) in [6.07, 6.45) is 3.34. The lowest BCUT2D eigenvalue weighted by atomic mass is 10.4. The second kappa shape index (κ2) is 7.64. The number of thiophene rings is 1. The molecule has 3 rings (SSSR count). The zero-order chi connectivity index (χ0) is 15.2. The van der Waals surface area contributed by atoms with Crippen molar-refractivity contribution in [2.75, 3.05) is 31.6 Å². The number of thiazole rings is 1. The molecule has 0 atom stereocenters. The number of nitrogens with zero attached hydrogens (tertiary/aromatic N) is 2. The predicted molar refractivity (Wildman–Crippen MR) is 90.2 cm³/mol. The number of hydrogen-bond acceptors (Lipinski definition) is 6. The minimum atomic E-state index is -0.152. The fourth-order valence-electron chi connectivity index (χ4n) is 2.12. The van der Waals surface area contributed by atoms with Gasteiger partial charge in [-0.1, -0.05) is 6.07 Å². The van der Waals surface area contributed by atoms with Gasteiger partial charge in [0, 0.05) is 36.0 Å². The standard InChI is InChI=1S/C15H17N3O2S2/c19-14(4-3-13-2-1-9-21-13)17-15-16-12(11-22-15)10-18-5-7-20-8-6-18/h1-4,9,11H,5-8,10H2,(H,16,17,19). The third-order valence-electron chi connectivity index (χ3n) is 3.21. The number of ether oxygens (including phenoxy) is 1. The highest BCUT2D eigenvalue weighted by Gasteiger charge is 2.13. The molecule has 2 aromatic rings. The van der Waals surface area contributed by atoms with Gasteiger partial charge in [-0.2, -0.15) is 0 Å². The van der Waals surface area contributed by atoms with E-state index >= 15 is 0 Å². The van der Waals surface area contributed by atoms with Crippen LogP contribution in [0.5, 0.6) is 0 Å². The molecule has 0 aliphatic carbocycles. The van der Waals surface area contributed by atoms with E-state index in [-0.39, 0.29) is 5.91 Å². The van der Waals surface area contributed by atoms with Crippen molar-refractivity contribution in [3.05, 3.63) is 39.5 Å². The topological polar surface area (TPSA) is 54.5 Å². The van der Waals surface area contributed by atoms with Crippen LogP contribution in [0.15, 0.2) is 29.0 Å². The molecular formula is C15H17N3O2S2. The first kappa shape index (κ1) is 15.4. The van der Waals surface area contributed by atoms with Gasteiger partial charge in [0.2, 0.25) is 5.91 Å². The van der Waals surface area contributed by atoms with Crippen LogP contribution in [0.2, 0.25) is 0 Å². The van der Waals surface area contributed by atoms with Crippen molar-refractivity contribution in [3.63, 3.8) is 0 Å². The fourth-order valence-corrected chi connectivity index (χ4v) is 3.44. The van der Waals surface area contributed by atoms with Gasteiger partial charge in [-0.05, 0) is 17.5 Å². The fraction of sp³-hybridized carbons (Fsp3) is 0.333. The maximum absolute atomic E-state index is 11.9. The first-order valence-corrected chi connectivity index (χ1v) is 8.82. The highest BCUT2D eigenvalue weighted by atomic mass is 32.1. The van der Waals surface area contributed by atoms with Crippen LogP contribution < -0.4 is 5.32 Å². The summed E-state index contributed by atoms with van der Waals surface area (Å²) in [6, 6.07) is 3.93. The van der Waals surface area contributed by atoms with Gasteiger partial charge in [-0.3, -0.25) is 15.0 Å². The molecule has 116 valence electrons. The highest BCUT2D eigenvalue weighted by Crippen LogP contribution is 2.17. The van der Waals surface area contributed by atoms with E-state index in [1.165, 1.54) is 17.4 Å². The van der Waals surface area contributed by atoms with Crippen molar-refractivity contribution in [3.8, 4) is 0 Å². The van der Waals surface area contributed by atoms with Crippen molar-refractivity contribution >= 4 is 39.8 Å². The van der Waals surface area contributed by atoms with Crippen molar-refractivity contribution in [1.29, 1.82) is 0 Å². The third-order valence-corrected chi connectivity index (χ3v) is 4.86. The molecule has 0 unspecified atom stereocenters. The molecule has 1 N–H and O–H groups in total. The second-order valence-electron chi connectivity index (χ2n) is 4.87. The van der Waals surface area contributed by atoms with E-state index in [4.69, 9.17) is 4.74 Å². The van der Waals surface area contributed by atoms with Crippen LogP contribution >= 0.6 is 22.7 Å². The molecular weight excluding hydrogens is 318 g/mol. The van der Waals surface area contributed by atoms with Crippen LogP contribution in [0.3, 0.4) is 0 Å². The Morgan fingerprint density at radius 3 is 3.05 bits per heavy atom. The largest absolute Gasteiger partial charge is 0.379 e. The number of anilines is 1. The van der Waals surface area contributed by atoms with Gasteiger partial charge in [-0.25, -0.2) is 4.98 Å². The van der Waals surface area contributed by atoms with Crippen molar-refractivity contribution < 1.29 is 9.53 Å². The van der Waals surface area contributed by atoms with E-state index in [1.54, 1.807) is 11.3 Å². The smallest absolute Gasteiger partial charge is 0.250 e. The van der Waals surface area contributed by atoms with Gasteiger partial charge < -0.3 is 4.74 Å². The van der Waals surface area contributed by atoms with Crippen molar-refractivity contribution in [2.45, 2.75) is 6.54 Å². The lowest BCUT2D eigenvalue weighted by molar-refractivity contribution is -0.111. The van der Waals surface area contributed by atoms with Crippen LogP contribution in [-0.4, -0.2) is 42.1 Å². The van der Waals surface area contributed by atoms with Crippen LogP contribution in [-0.2, 0) is 16.1 Å². The van der Waals surface area contributed by atoms with Gasteiger partial charge >= 0.3 is 0 Å². The summed E-state index contributed by atoms with van der Waals surface area (Å²) in [7, 11) is 0. The van der Waals surface area contributed by atoms with E-state index < -0.39 is 0 Å². The van der Waals surface area contributed by atoms with Gasteiger partial charge in [0.05, 0.1) is 18.9 Å². The molecule has 1 fully saturated rings. The predicted octanol–water partition coefficient (Wildman–Crippen LogP) is 2.69. The maximum atomic E-state index is 11.9. The normalized spacial score (nSPS) is 16.2. The maximum Gasteiger partial charge on any atom is 0.250 e. The number of carbonyl (C=O) groups is 1. The zero-order valence-corrected chi connectivity index (χ0v) is 13.7. The Hall–Kier alpha value is -1.54. The number of carbonyl (C=O) groups excluding carboxylic acids is 1. The quantitative estimate of drug-likeness (QED) is 0.854. The Balaban J connectivity index is 1.51. The number of morpholine rings is 1. The first-order chi connectivity index (χ1) is 10.8. The molecule has 7 heteroatoms. The number of amides is 1. The SMILES string of the molecule is O=C(C=Cc1cccs1)Nc1nc(CN2CCOCC2)cs1. The van der Waals surface area contributed by atoms with Crippen molar-refractivity contribution in [2.24, 2.45) is 0 Å². The molecule has 5 nitrogen and oxygen atoms in total. The summed E-state index contributed by atoms with van der Waals surface area (Å²) in [6.45, 7) is 4.23. The summed E-state index contributed by atoms with van der Waals surface area (Å²) in [5, 5.41) is 7.42. The molecule has 3 heterocycles. The van der Waals surface area contributed by atoms with E-state index in [9.17, 15) is 4.79 Å². The molecule has 2 aromatic heterocycles. The van der Waals surface area contributed by atoms with Crippen molar-refractivity contribution in [1.82, 2.24) is 9.88 Å². The molecule has 0 bridgehead atoms. The van der Waals surface area contributed by atoms with E-state index in [0.717, 1.165) is 43.4 Å². The number of nitrogens with one attached hydrogen (secondary N) is 1. The minimum absolute atomic E-state index is 0.152. The van der Waals surface area contributed by atoms with Crippen LogP contribution in [0.4, 0.5) is 5.13 Å². The Kier molecular flexibility index (Phi) is 5.33. The van der Waals surface area contributed by atoms with Crippen LogP contribution in [0, 0.1) is 0 Å². The molecule has 1 aliphatic heterocycles. The zero-order valence-electron chi connectivity index (χ0n) is 12.0. The molecule has 0 saturated carbocycles. The van der Waals surface area contributed by atoms with E-state index in [1.807, 2.05) is 29.0 Å². The first-order valence-electron chi connectivity index (χ1n) is 7.07. The molecule has 0 aromatic carbocycles. The van der Waals surface area contributed by atoms with Gasteiger partial charge in [0.1, 0.15) is 0 Å². The Morgan fingerprint density at radius 1 is 1.41 bits per heavy atom. The summed E-state index contributed by atoms with van der Waals surface area (Å²) < 4.78 is 5.33. The minimum Gasteiger partial charge on any atom is -0.379 e. The Morgan fingerprint density at radius 2 is 2.27 bits per heavy atom. The lowest BCUT2D eigenvalue weighted by Gasteiger charge is -2.25. The van der Waals surface area contributed by atoms with Gasteiger partial charge in [0.25, 0.3) is 0 Å². The monoisotopic (exact) mass is 335 g/mol. The van der Waals surface area contributed by atoms with Crippen LogP contribution in [0.1, 0.15) is 10.6 Å². The summed E-state index contributed by atoms with van der Waals surface area (Å²) >= 11 is 3.06. The lowest BCUT2D eigenvalue weighted by Crippen LogP contribution is -2.35. The molecule has 0 spiro atoms. The van der Waals surface area contributed by atoms with Crippen LogP contribution in [0.25, 0.3) is 6.08 Å². The average molecular weight is 335 g/mol. The highest BCUT2D eigenvalue weighted by molar-refractivity contribution is 7.14.